The van der Waals surface area contributed by atoms with Gasteiger partial charge in [-0.3, -0.25) is 4.79 Å². The Bertz CT molecular complexity index is 789. The Kier molecular flexibility index (Phi) is 6.01. The Hall–Kier alpha value is -1.86. The molecule has 0 saturated heterocycles. The lowest BCUT2D eigenvalue weighted by Gasteiger charge is -2.24. The zero-order valence-electron chi connectivity index (χ0n) is 13.3. The van der Waals surface area contributed by atoms with E-state index in [4.69, 9.17) is 4.74 Å². The third-order valence-electron chi connectivity index (χ3n) is 3.40. The summed E-state index contributed by atoms with van der Waals surface area (Å²) in [6.45, 7) is 1.58. The highest BCUT2D eigenvalue weighted by Gasteiger charge is 2.31. The van der Waals surface area contributed by atoms with E-state index in [1.807, 2.05) is 6.07 Å². The first-order chi connectivity index (χ1) is 11.4. The van der Waals surface area contributed by atoms with E-state index in [1.165, 1.54) is 19.2 Å². The van der Waals surface area contributed by atoms with Gasteiger partial charge in [-0.05, 0) is 36.8 Å². The van der Waals surface area contributed by atoms with E-state index in [0.29, 0.717) is 5.75 Å². The molecule has 0 aromatic heterocycles. The molecule has 1 unspecified atom stereocenters. The van der Waals surface area contributed by atoms with Gasteiger partial charge in [0.05, 0.1) is 23.4 Å². The molecule has 0 bridgehead atoms. The standard InChI is InChI=1S/C17H18BrNO4S/c1-13(18)17(20)19(12-14-6-4-3-5-7-14)24(21,22)16-10-8-15(23-2)9-11-16/h3-11,13H,12H2,1-2H3. The van der Waals surface area contributed by atoms with Gasteiger partial charge < -0.3 is 4.74 Å². The lowest BCUT2D eigenvalue weighted by molar-refractivity contribution is -0.125. The van der Waals surface area contributed by atoms with Crippen LogP contribution in [0.5, 0.6) is 5.75 Å². The van der Waals surface area contributed by atoms with Gasteiger partial charge in [0.1, 0.15) is 5.75 Å². The highest BCUT2D eigenvalue weighted by molar-refractivity contribution is 9.10. The molecular formula is C17H18BrNO4S. The SMILES string of the molecule is COc1ccc(S(=O)(=O)N(Cc2ccccc2)C(=O)C(C)Br)cc1. The molecule has 0 aliphatic rings. The van der Waals surface area contributed by atoms with Gasteiger partial charge in [-0.15, -0.1) is 0 Å². The molecule has 5 nitrogen and oxygen atoms in total. The summed E-state index contributed by atoms with van der Waals surface area (Å²) in [4.78, 5) is 11.9. The highest BCUT2D eigenvalue weighted by Crippen LogP contribution is 2.23. The number of rotatable bonds is 6. The molecule has 1 atom stereocenters. The van der Waals surface area contributed by atoms with E-state index < -0.39 is 20.8 Å². The minimum absolute atomic E-state index is 0.0238. The number of ether oxygens (including phenoxy) is 1. The third kappa shape index (κ3) is 4.15. The molecule has 0 heterocycles. The first kappa shape index (κ1) is 18.5. The second-order valence-corrected chi connectivity index (χ2v) is 8.36. The molecule has 24 heavy (non-hydrogen) atoms. The lowest BCUT2D eigenvalue weighted by Crippen LogP contribution is -2.39. The van der Waals surface area contributed by atoms with E-state index >= 15 is 0 Å². The van der Waals surface area contributed by atoms with Crippen LogP contribution < -0.4 is 4.74 Å². The summed E-state index contributed by atoms with van der Waals surface area (Å²) in [5.74, 6) is 0.0263. The van der Waals surface area contributed by atoms with Crippen molar-refractivity contribution in [1.82, 2.24) is 4.31 Å². The summed E-state index contributed by atoms with van der Waals surface area (Å²) >= 11 is 3.17. The average molecular weight is 412 g/mol. The molecular weight excluding hydrogens is 394 g/mol. The van der Waals surface area contributed by atoms with Crippen LogP contribution in [0.25, 0.3) is 0 Å². The summed E-state index contributed by atoms with van der Waals surface area (Å²) in [5.41, 5.74) is 0.732. The minimum Gasteiger partial charge on any atom is -0.497 e. The predicted octanol–water partition coefficient (Wildman–Crippen LogP) is 3.20. The number of methoxy groups -OCH3 is 1. The van der Waals surface area contributed by atoms with Gasteiger partial charge >= 0.3 is 0 Å². The Morgan fingerprint density at radius 1 is 1.12 bits per heavy atom. The van der Waals surface area contributed by atoms with Gasteiger partial charge in [-0.2, -0.15) is 0 Å². The van der Waals surface area contributed by atoms with Crippen LogP contribution >= 0.6 is 15.9 Å². The smallest absolute Gasteiger partial charge is 0.266 e. The molecule has 1 amide bonds. The third-order valence-corrected chi connectivity index (χ3v) is 5.55. The van der Waals surface area contributed by atoms with E-state index in [0.717, 1.165) is 9.87 Å². The van der Waals surface area contributed by atoms with Crippen LogP contribution in [0, 0.1) is 0 Å². The van der Waals surface area contributed by atoms with Crippen LogP contribution in [0.4, 0.5) is 0 Å². The van der Waals surface area contributed by atoms with Crippen LogP contribution in [-0.2, 0) is 21.4 Å². The average Bonchev–Trinajstić information content (AvgIpc) is 2.59. The van der Waals surface area contributed by atoms with Gasteiger partial charge in [0, 0.05) is 0 Å². The summed E-state index contributed by atoms with van der Waals surface area (Å²) in [7, 11) is -2.47. The van der Waals surface area contributed by atoms with Crippen molar-refractivity contribution in [2.75, 3.05) is 7.11 Å². The number of sulfonamides is 1. The fourth-order valence-electron chi connectivity index (χ4n) is 2.10. The molecule has 0 N–H and O–H groups in total. The Balaban J connectivity index is 2.42. The summed E-state index contributed by atoms with van der Waals surface area (Å²) in [5, 5.41) is 0. The van der Waals surface area contributed by atoms with Gasteiger partial charge in [0.25, 0.3) is 10.0 Å². The van der Waals surface area contributed by atoms with Crippen molar-refractivity contribution in [1.29, 1.82) is 0 Å². The number of carbonyl (C=O) groups is 1. The number of halogens is 1. The molecule has 0 spiro atoms. The van der Waals surface area contributed by atoms with Crippen molar-refractivity contribution >= 4 is 31.9 Å². The molecule has 2 aromatic rings. The summed E-state index contributed by atoms with van der Waals surface area (Å²) in [6, 6.07) is 15.0. The van der Waals surface area contributed by atoms with E-state index in [2.05, 4.69) is 15.9 Å². The van der Waals surface area contributed by atoms with E-state index in [9.17, 15) is 13.2 Å². The normalized spacial score (nSPS) is 12.5. The van der Waals surface area contributed by atoms with Crippen molar-refractivity contribution in [3.05, 3.63) is 60.2 Å². The number of nitrogens with zero attached hydrogens (tertiary/aromatic N) is 1. The van der Waals surface area contributed by atoms with Crippen LogP contribution in [-0.4, -0.2) is 30.6 Å². The van der Waals surface area contributed by atoms with Gasteiger partial charge in [0.2, 0.25) is 5.91 Å². The highest BCUT2D eigenvalue weighted by atomic mass is 79.9. The number of hydrogen-bond acceptors (Lipinski definition) is 4. The topological polar surface area (TPSA) is 63.7 Å². The largest absolute Gasteiger partial charge is 0.497 e. The number of alkyl halides is 1. The molecule has 0 radical (unpaired) electrons. The zero-order valence-corrected chi connectivity index (χ0v) is 15.7. The van der Waals surface area contributed by atoms with Crippen molar-refractivity contribution in [3.8, 4) is 5.75 Å². The molecule has 0 aliphatic carbocycles. The fraction of sp³-hybridized carbons (Fsp3) is 0.235. The van der Waals surface area contributed by atoms with Gasteiger partial charge in [0.15, 0.2) is 0 Å². The molecule has 0 aliphatic heterocycles. The van der Waals surface area contributed by atoms with Crippen molar-refractivity contribution in [2.24, 2.45) is 0 Å². The predicted molar refractivity (Wildman–Crippen MR) is 95.6 cm³/mol. The summed E-state index contributed by atoms with van der Waals surface area (Å²) in [6.07, 6.45) is 0. The minimum atomic E-state index is -3.97. The number of hydrogen-bond donors (Lipinski definition) is 0. The van der Waals surface area contributed by atoms with Crippen molar-refractivity contribution in [2.45, 2.75) is 23.2 Å². The molecule has 0 saturated carbocycles. The van der Waals surface area contributed by atoms with Gasteiger partial charge in [-0.25, -0.2) is 12.7 Å². The van der Waals surface area contributed by atoms with Crippen LogP contribution in [0.3, 0.4) is 0 Å². The molecule has 0 fully saturated rings. The Morgan fingerprint density at radius 3 is 2.21 bits per heavy atom. The van der Waals surface area contributed by atoms with Crippen molar-refractivity contribution in [3.63, 3.8) is 0 Å². The number of benzene rings is 2. The molecule has 2 rings (SSSR count). The fourth-order valence-corrected chi connectivity index (χ4v) is 3.94. The van der Waals surface area contributed by atoms with E-state index in [-0.39, 0.29) is 11.4 Å². The Labute approximate surface area is 150 Å². The molecule has 128 valence electrons. The second kappa shape index (κ2) is 7.81. The van der Waals surface area contributed by atoms with E-state index in [1.54, 1.807) is 43.3 Å². The quantitative estimate of drug-likeness (QED) is 0.684. The van der Waals surface area contributed by atoms with Gasteiger partial charge in [-0.1, -0.05) is 46.3 Å². The first-order valence-electron chi connectivity index (χ1n) is 7.25. The van der Waals surface area contributed by atoms with Crippen molar-refractivity contribution < 1.29 is 17.9 Å². The first-order valence-corrected chi connectivity index (χ1v) is 9.60. The molecule has 2 aromatic carbocycles. The number of carbonyl (C=O) groups excluding carboxylic acids is 1. The maximum absolute atomic E-state index is 12.9. The van der Waals surface area contributed by atoms with Crippen LogP contribution in [0.15, 0.2) is 59.5 Å². The van der Waals surface area contributed by atoms with Crippen LogP contribution in [0.1, 0.15) is 12.5 Å². The number of amides is 1. The van der Waals surface area contributed by atoms with Crippen LogP contribution in [0.2, 0.25) is 0 Å². The maximum atomic E-state index is 12.9. The maximum Gasteiger partial charge on any atom is 0.266 e. The zero-order chi connectivity index (χ0) is 17.7. The lowest BCUT2D eigenvalue weighted by atomic mass is 10.2. The second-order valence-electron chi connectivity index (χ2n) is 5.13. The Morgan fingerprint density at radius 2 is 1.71 bits per heavy atom. The monoisotopic (exact) mass is 411 g/mol. The summed E-state index contributed by atoms with van der Waals surface area (Å²) < 4.78 is 31.8. The molecule has 7 heteroatoms.